The predicted octanol–water partition coefficient (Wildman–Crippen LogP) is 0.526. The highest BCUT2D eigenvalue weighted by atomic mass is 16.5. The Labute approximate surface area is 106 Å². The fraction of sp³-hybridized carbons (Fsp3) is 0.833. The Morgan fingerprint density at radius 3 is 2.44 bits per heavy atom. The van der Waals surface area contributed by atoms with Gasteiger partial charge in [-0.25, -0.2) is 4.79 Å². The van der Waals surface area contributed by atoms with E-state index in [1.165, 1.54) is 4.90 Å². The standard InChI is InChI=1S/C12H20N2O4/c1-12(2)8(4-9(12)18-3)13-11(17)14-5-7(6-14)10(15)16/h7-9H,4-6H2,1-3H3,(H,13,17)(H,15,16). The minimum Gasteiger partial charge on any atom is -0.481 e. The normalized spacial score (nSPS) is 30.3. The molecule has 2 aliphatic rings. The first-order valence-electron chi connectivity index (χ1n) is 6.17. The molecule has 1 saturated heterocycles. The Bertz CT molecular complexity index is 363. The van der Waals surface area contributed by atoms with Crippen molar-refractivity contribution in [3.63, 3.8) is 0 Å². The molecule has 2 N–H and O–H groups in total. The number of hydrogen-bond acceptors (Lipinski definition) is 3. The molecular formula is C12H20N2O4. The molecule has 0 aromatic carbocycles. The molecular weight excluding hydrogens is 236 g/mol. The number of amides is 2. The molecule has 18 heavy (non-hydrogen) atoms. The summed E-state index contributed by atoms with van der Waals surface area (Å²) in [5, 5.41) is 11.7. The lowest BCUT2D eigenvalue weighted by atomic mass is 9.64. The molecule has 0 aromatic heterocycles. The van der Waals surface area contributed by atoms with Gasteiger partial charge in [-0.3, -0.25) is 4.79 Å². The highest BCUT2D eigenvalue weighted by Crippen LogP contribution is 2.42. The molecule has 2 unspecified atom stereocenters. The summed E-state index contributed by atoms with van der Waals surface area (Å²) in [5.41, 5.74) is -0.0680. The molecule has 0 radical (unpaired) electrons. The molecule has 2 rings (SSSR count). The largest absolute Gasteiger partial charge is 0.481 e. The zero-order valence-electron chi connectivity index (χ0n) is 11.0. The summed E-state index contributed by atoms with van der Waals surface area (Å²) in [6.07, 6.45) is 0.983. The van der Waals surface area contributed by atoms with E-state index in [0.717, 1.165) is 6.42 Å². The molecule has 2 atom stereocenters. The van der Waals surface area contributed by atoms with Gasteiger partial charge in [0.15, 0.2) is 0 Å². The van der Waals surface area contributed by atoms with Crippen molar-refractivity contribution in [3.8, 4) is 0 Å². The Morgan fingerprint density at radius 1 is 1.39 bits per heavy atom. The molecule has 6 heteroatoms. The molecule has 6 nitrogen and oxygen atoms in total. The molecule has 0 spiro atoms. The number of rotatable bonds is 3. The lowest BCUT2D eigenvalue weighted by molar-refractivity contribution is -0.146. The Hall–Kier alpha value is -1.30. The second-order valence-electron chi connectivity index (χ2n) is 5.72. The number of nitrogens with zero attached hydrogens (tertiary/aromatic N) is 1. The van der Waals surface area contributed by atoms with Crippen LogP contribution in [0.25, 0.3) is 0 Å². The third-order valence-corrected chi connectivity index (χ3v) is 4.28. The minimum atomic E-state index is -0.831. The van der Waals surface area contributed by atoms with Crippen molar-refractivity contribution >= 4 is 12.0 Å². The number of carboxylic acid groups (broad SMARTS) is 1. The number of urea groups is 1. The summed E-state index contributed by atoms with van der Waals surface area (Å²) in [6, 6.07) is -0.0704. The van der Waals surface area contributed by atoms with E-state index in [9.17, 15) is 9.59 Å². The van der Waals surface area contributed by atoms with Crippen molar-refractivity contribution in [2.75, 3.05) is 20.2 Å². The maximum atomic E-state index is 11.9. The van der Waals surface area contributed by atoms with E-state index in [1.54, 1.807) is 7.11 Å². The van der Waals surface area contributed by atoms with Gasteiger partial charge < -0.3 is 20.1 Å². The summed E-state index contributed by atoms with van der Waals surface area (Å²) in [6.45, 7) is 4.74. The van der Waals surface area contributed by atoms with Crippen molar-refractivity contribution < 1.29 is 19.4 Å². The van der Waals surface area contributed by atoms with E-state index in [0.29, 0.717) is 13.1 Å². The molecule has 1 heterocycles. The number of hydrogen-bond donors (Lipinski definition) is 2. The van der Waals surface area contributed by atoms with Crippen LogP contribution in [0.3, 0.4) is 0 Å². The van der Waals surface area contributed by atoms with Crippen molar-refractivity contribution in [1.82, 2.24) is 10.2 Å². The van der Waals surface area contributed by atoms with Crippen molar-refractivity contribution in [3.05, 3.63) is 0 Å². The van der Waals surface area contributed by atoms with Crippen LogP contribution in [-0.2, 0) is 9.53 Å². The number of carbonyl (C=O) groups is 2. The van der Waals surface area contributed by atoms with Crippen LogP contribution >= 0.6 is 0 Å². The highest BCUT2D eigenvalue weighted by Gasteiger charge is 2.50. The molecule has 1 aliphatic heterocycles. The smallest absolute Gasteiger partial charge is 0.317 e. The highest BCUT2D eigenvalue weighted by molar-refractivity contribution is 5.80. The molecule has 2 fully saturated rings. The number of carbonyl (C=O) groups excluding carboxylic acids is 1. The first-order valence-corrected chi connectivity index (χ1v) is 6.17. The molecule has 2 amide bonds. The first-order chi connectivity index (χ1) is 8.36. The van der Waals surface area contributed by atoms with Crippen LogP contribution in [0.4, 0.5) is 4.79 Å². The van der Waals surface area contributed by atoms with Crippen molar-refractivity contribution in [1.29, 1.82) is 0 Å². The number of nitrogens with one attached hydrogen (secondary N) is 1. The number of methoxy groups -OCH3 is 1. The van der Waals surface area contributed by atoms with Crippen LogP contribution in [-0.4, -0.2) is 54.4 Å². The summed E-state index contributed by atoms with van der Waals surface area (Å²) >= 11 is 0. The lowest BCUT2D eigenvalue weighted by Gasteiger charge is -2.52. The van der Waals surface area contributed by atoms with Gasteiger partial charge in [0, 0.05) is 31.7 Å². The van der Waals surface area contributed by atoms with Crippen molar-refractivity contribution in [2.45, 2.75) is 32.4 Å². The average Bonchev–Trinajstić information content (AvgIpc) is 2.20. The zero-order chi connectivity index (χ0) is 13.5. The first kappa shape index (κ1) is 13.1. The van der Waals surface area contributed by atoms with E-state index in [4.69, 9.17) is 9.84 Å². The van der Waals surface area contributed by atoms with Gasteiger partial charge in [0.25, 0.3) is 0 Å². The van der Waals surface area contributed by atoms with Gasteiger partial charge in [-0.2, -0.15) is 0 Å². The van der Waals surface area contributed by atoms with Crippen molar-refractivity contribution in [2.24, 2.45) is 11.3 Å². The van der Waals surface area contributed by atoms with Crippen LogP contribution in [0.2, 0.25) is 0 Å². The number of aliphatic carboxylic acids is 1. The summed E-state index contributed by atoms with van der Waals surface area (Å²) in [5.74, 6) is -1.24. The Kier molecular flexibility index (Phi) is 3.23. The van der Waals surface area contributed by atoms with Crippen LogP contribution in [0.15, 0.2) is 0 Å². The van der Waals surface area contributed by atoms with Gasteiger partial charge in [0.1, 0.15) is 0 Å². The maximum absolute atomic E-state index is 11.9. The summed E-state index contributed by atoms with van der Waals surface area (Å²) in [4.78, 5) is 24.0. The van der Waals surface area contributed by atoms with E-state index >= 15 is 0 Å². The maximum Gasteiger partial charge on any atom is 0.317 e. The molecule has 0 aromatic rings. The van der Waals surface area contributed by atoms with E-state index < -0.39 is 11.9 Å². The second-order valence-corrected chi connectivity index (χ2v) is 5.72. The number of likely N-dealkylation sites (tertiary alicyclic amines) is 1. The molecule has 1 aliphatic carbocycles. The number of carboxylic acids is 1. The fourth-order valence-corrected chi connectivity index (χ4v) is 2.57. The third kappa shape index (κ3) is 2.05. The van der Waals surface area contributed by atoms with Gasteiger partial charge >= 0.3 is 12.0 Å². The third-order valence-electron chi connectivity index (χ3n) is 4.28. The summed E-state index contributed by atoms with van der Waals surface area (Å²) in [7, 11) is 1.68. The Balaban J connectivity index is 1.79. The van der Waals surface area contributed by atoms with Gasteiger partial charge in [0.05, 0.1) is 12.0 Å². The van der Waals surface area contributed by atoms with Crippen LogP contribution < -0.4 is 5.32 Å². The van der Waals surface area contributed by atoms with Crippen LogP contribution in [0.1, 0.15) is 20.3 Å². The average molecular weight is 256 g/mol. The lowest BCUT2D eigenvalue weighted by Crippen LogP contribution is -2.65. The molecule has 1 saturated carbocycles. The minimum absolute atomic E-state index is 0.0680. The monoisotopic (exact) mass is 256 g/mol. The number of ether oxygens (including phenoxy) is 1. The van der Waals surface area contributed by atoms with E-state index in [1.807, 2.05) is 0 Å². The predicted molar refractivity (Wildman–Crippen MR) is 64.2 cm³/mol. The topological polar surface area (TPSA) is 78.9 Å². The second kappa shape index (κ2) is 4.42. The van der Waals surface area contributed by atoms with Gasteiger partial charge in [0.2, 0.25) is 0 Å². The molecule has 102 valence electrons. The zero-order valence-corrected chi connectivity index (χ0v) is 11.0. The van der Waals surface area contributed by atoms with E-state index in [2.05, 4.69) is 19.2 Å². The quantitative estimate of drug-likeness (QED) is 0.772. The fourth-order valence-electron chi connectivity index (χ4n) is 2.57. The molecule has 0 bridgehead atoms. The Morgan fingerprint density at radius 2 is 2.00 bits per heavy atom. The van der Waals surface area contributed by atoms with Gasteiger partial charge in [-0.05, 0) is 6.42 Å². The van der Waals surface area contributed by atoms with Gasteiger partial charge in [-0.1, -0.05) is 13.8 Å². The van der Waals surface area contributed by atoms with Crippen LogP contribution in [0, 0.1) is 11.3 Å². The van der Waals surface area contributed by atoms with E-state index in [-0.39, 0.29) is 23.6 Å². The summed E-state index contributed by atoms with van der Waals surface area (Å²) < 4.78 is 5.32. The van der Waals surface area contributed by atoms with Gasteiger partial charge in [-0.15, -0.1) is 0 Å². The SMILES string of the molecule is COC1CC(NC(=O)N2CC(C(=O)O)C2)C1(C)C. The van der Waals surface area contributed by atoms with Crippen LogP contribution in [0.5, 0.6) is 0 Å².